The standard InChI is InChI=1S/C32H27ClN10O/c33-25-13-11-22-12-15-26(34-27(22)19-25)14-10-21-4-1-6-24(18-21)28(7-3-9-30-35-39-40-36-30)43-17-16-23-5-2-8-29(32(23)43)44-20-31-37-41-42-38-31/h1-2,4-6,8,10-19,28H,3,7,9,20H2,(H,35,36,39,40)(H,37,38,41,42)/t28-/m0/s1. The van der Waals surface area contributed by atoms with Gasteiger partial charge >= 0.3 is 0 Å². The number of fused-ring (bicyclic) bond motifs is 2. The number of pyridine rings is 1. The molecular formula is C32H27ClN10O. The predicted octanol–water partition coefficient (Wildman–Crippen LogP) is 6.23. The number of halogens is 1. The Morgan fingerprint density at radius 2 is 1.68 bits per heavy atom. The normalized spacial score (nSPS) is 12.4. The van der Waals surface area contributed by atoms with Gasteiger partial charge in [-0.25, -0.2) is 4.98 Å². The average Bonchev–Trinajstić information content (AvgIpc) is 3.84. The van der Waals surface area contributed by atoms with E-state index in [0.29, 0.717) is 23.1 Å². The second-order valence-corrected chi connectivity index (χ2v) is 10.8. The molecule has 0 saturated heterocycles. The summed E-state index contributed by atoms with van der Waals surface area (Å²) in [5.74, 6) is 1.94. The van der Waals surface area contributed by atoms with Crippen molar-refractivity contribution >= 4 is 45.6 Å². The van der Waals surface area contributed by atoms with Crippen LogP contribution in [0.3, 0.4) is 0 Å². The number of hydrogen-bond acceptors (Lipinski definition) is 8. The Balaban J connectivity index is 1.21. The van der Waals surface area contributed by atoms with Gasteiger partial charge in [0, 0.05) is 28.4 Å². The number of aryl methyl sites for hydroxylation is 1. The summed E-state index contributed by atoms with van der Waals surface area (Å²) in [4.78, 5) is 4.77. The first-order valence-corrected chi connectivity index (χ1v) is 14.6. The minimum atomic E-state index is 0.0172. The smallest absolute Gasteiger partial charge is 0.211 e. The van der Waals surface area contributed by atoms with Crippen LogP contribution < -0.4 is 4.74 Å². The van der Waals surface area contributed by atoms with Crippen LogP contribution in [0.25, 0.3) is 34.0 Å². The number of nitrogens with zero attached hydrogens (tertiary/aromatic N) is 8. The summed E-state index contributed by atoms with van der Waals surface area (Å²) in [5.41, 5.74) is 4.97. The lowest BCUT2D eigenvalue weighted by Crippen LogP contribution is -2.11. The zero-order valence-electron chi connectivity index (χ0n) is 23.5. The van der Waals surface area contributed by atoms with Crippen LogP contribution >= 0.6 is 11.6 Å². The van der Waals surface area contributed by atoms with Crippen LogP contribution in [0.2, 0.25) is 5.02 Å². The molecule has 11 nitrogen and oxygen atoms in total. The van der Waals surface area contributed by atoms with E-state index in [2.05, 4.69) is 101 Å². The van der Waals surface area contributed by atoms with Crippen molar-refractivity contribution in [3.63, 3.8) is 0 Å². The molecule has 0 aliphatic carbocycles. The molecule has 0 fully saturated rings. The molecule has 7 aromatic rings. The summed E-state index contributed by atoms with van der Waals surface area (Å²) in [5, 5.41) is 31.5. The van der Waals surface area contributed by atoms with E-state index < -0.39 is 0 Å². The lowest BCUT2D eigenvalue weighted by Gasteiger charge is -2.22. The number of para-hydroxylation sites is 1. The van der Waals surface area contributed by atoms with Crippen LogP contribution in [-0.4, -0.2) is 50.8 Å². The van der Waals surface area contributed by atoms with Gasteiger partial charge in [0.05, 0.1) is 22.8 Å². The minimum absolute atomic E-state index is 0.0172. The van der Waals surface area contributed by atoms with Crippen molar-refractivity contribution in [1.29, 1.82) is 0 Å². The number of ether oxygens (including phenoxy) is 1. The van der Waals surface area contributed by atoms with Gasteiger partial charge < -0.3 is 9.30 Å². The maximum Gasteiger partial charge on any atom is 0.211 e. The number of nitrogens with one attached hydrogen (secondary N) is 2. The average molecular weight is 603 g/mol. The molecule has 44 heavy (non-hydrogen) atoms. The van der Waals surface area contributed by atoms with E-state index in [1.54, 1.807) is 0 Å². The Hall–Kier alpha value is -5.42. The van der Waals surface area contributed by atoms with Crippen LogP contribution in [-0.2, 0) is 13.0 Å². The fourth-order valence-corrected chi connectivity index (χ4v) is 5.57. The van der Waals surface area contributed by atoms with E-state index in [9.17, 15) is 0 Å². The van der Waals surface area contributed by atoms with Gasteiger partial charge in [0.2, 0.25) is 5.82 Å². The van der Waals surface area contributed by atoms with Gasteiger partial charge in [-0.05, 0) is 66.4 Å². The molecule has 0 saturated carbocycles. The van der Waals surface area contributed by atoms with E-state index in [1.165, 1.54) is 5.56 Å². The predicted molar refractivity (Wildman–Crippen MR) is 168 cm³/mol. The second kappa shape index (κ2) is 12.4. The van der Waals surface area contributed by atoms with Crippen molar-refractivity contribution in [2.24, 2.45) is 0 Å². The van der Waals surface area contributed by atoms with Crippen LogP contribution in [0.5, 0.6) is 5.75 Å². The maximum atomic E-state index is 6.20. The molecule has 7 rings (SSSR count). The Morgan fingerprint density at radius 1 is 0.841 bits per heavy atom. The monoisotopic (exact) mass is 602 g/mol. The van der Waals surface area contributed by atoms with Gasteiger partial charge in [-0.2, -0.15) is 10.4 Å². The molecule has 2 N–H and O–H groups in total. The molecule has 0 aliphatic rings. The van der Waals surface area contributed by atoms with Crippen molar-refractivity contribution in [2.75, 3.05) is 0 Å². The Bertz CT molecular complexity index is 2040. The van der Waals surface area contributed by atoms with E-state index in [-0.39, 0.29) is 12.6 Å². The molecule has 12 heteroatoms. The molecule has 0 unspecified atom stereocenters. The third kappa shape index (κ3) is 6.04. The molecule has 1 atom stereocenters. The summed E-state index contributed by atoms with van der Waals surface area (Å²) in [7, 11) is 0. The quantitative estimate of drug-likeness (QED) is 0.178. The second-order valence-electron chi connectivity index (χ2n) is 10.3. The van der Waals surface area contributed by atoms with Crippen molar-refractivity contribution in [2.45, 2.75) is 31.9 Å². The topological polar surface area (TPSA) is 136 Å². The highest BCUT2D eigenvalue weighted by Gasteiger charge is 2.19. The van der Waals surface area contributed by atoms with E-state index in [1.807, 2.05) is 42.5 Å². The number of hydrogen-bond donors (Lipinski definition) is 2. The number of rotatable bonds is 11. The molecule has 4 aromatic heterocycles. The van der Waals surface area contributed by atoms with Gasteiger partial charge in [-0.3, -0.25) is 0 Å². The highest BCUT2D eigenvalue weighted by molar-refractivity contribution is 6.31. The van der Waals surface area contributed by atoms with Crippen molar-refractivity contribution < 1.29 is 4.74 Å². The molecule has 4 heterocycles. The zero-order chi connectivity index (χ0) is 29.7. The fourth-order valence-electron chi connectivity index (χ4n) is 5.41. The van der Waals surface area contributed by atoms with Gasteiger partial charge in [-0.15, -0.1) is 20.4 Å². The van der Waals surface area contributed by atoms with Crippen LogP contribution in [0.4, 0.5) is 0 Å². The molecule has 0 radical (unpaired) electrons. The van der Waals surface area contributed by atoms with Crippen LogP contribution in [0.1, 0.15) is 47.4 Å². The van der Waals surface area contributed by atoms with E-state index in [4.69, 9.17) is 21.3 Å². The van der Waals surface area contributed by atoms with Gasteiger partial charge in [-0.1, -0.05) is 70.6 Å². The summed E-state index contributed by atoms with van der Waals surface area (Å²) < 4.78 is 8.48. The first-order chi connectivity index (χ1) is 21.7. The number of aromatic amines is 2. The molecule has 0 amide bonds. The number of aromatic nitrogens is 10. The van der Waals surface area contributed by atoms with Gasteiger partial charge in [0.15, 0.2) is 12.4 Å². The van der Waals surface area contributed by atoms with Gasteiger partial charge in [0.25, 0.3) is 0 Å². The van der Waals surface area contributed by atoms with Crippen molar-refractivity contribution in [3.05, 3.63) is 119 Å². The molecule has 0 bridgehead atoms. The summed E-state index contributed by atoms with van der Waals surface area (Å²) >= 11 is 6.20. The summed E-state index contributed by atoms with van der Waals surface area (Å²) in [6, 6.07) is 26.6. The molecule has 0 spiro atoms. The SMILES string of the molecule is Clc1ccc2ccc(C=Cc3cccc([C@H](CCCc4nn[nH]n4)n4ccc5cccc(OCc6nn[nH]n6)c54)c3)nc2c1. The zero-order valence-corrected chi connectivity index (χ0v) is 24.3. The number of H-pyrrole nitrogens is 2. The molecule has 218 valence electrons. The number of benzene rings is 3. The molecule has 3 aromatic carbocycles. The van der Waals surface area contributed by atoms with Crippen LogP contribution in [0.15, 0.2) is 85.1 Å². The van der Waals surface area contributed by atoms with Crippen molar-refractivity contribution in [3.8, 4) is 5.75 Å². The first kappa shape index (κ1) is 27.4. The lowest BCUT2D eigenvalue weighted by atomic mass is 9.98. The third-order valence-electron chi connectivity index (χ3n) is 7.47. The molecule has 0 aliphatic heterocycles. The lowest BCUT2D eigenvalue weighted by molar-refractivity contribution is 0.297. The first-order valence-electron chi connectivity index (χ1n) is 14.2. The largest absolute Gasteiger partial charge is 0.483 e. The van der Waals surface area contributed by atoms with Crippen molar-refractivity contribution in [1.82, 2.24) is 50.8 Å². The third-order valence-corrected chi connectivity index (χ3v) is 7.70. The van der Waals surface area contributed by atoms with E-state index in [0.717, 1.165) is 51.7 Å². The highest BCUT2D eigenvalue weighted by Crippen LogP contribution is 2.35. The fraction of sp³-hybridized carbons (Fsp3) is 0.156. The molecular weight excluding hydrogens is 576 g/mol. The van der Waals surface area contributed by atoms with E-state index >= 15 is 0 Å². The highest BCUT2D eigenvalue weighted by atomic mass is 35.5. The number of tetrazole rings is 2. The van der Waals surface area contributed by atoms with Gasteiger partial charge in [0.1, 0.15) is 5.75 Å². The summed E-state index contributed by atoms with van der Waals surface area (Å²) in [6.45, 7) is 0.207. The maximum absolute atomic E-state index is 6.20. The minimum Gasteiger partial charge on any atom is -0.483 e. The summed E-state index contributed by atoms with van der Waals surface area (Å²) in [6.07, 6.45) is 8.66. The Kier molecular flexibility index (Phi) is 7.75. The van der Waals surface area contributed by atoms with Crippen LogP contribution in [0, 0.1) is 0 Å². The Morgan fingerprint density at radius 3 is 2.55 bits per heavy atom. The Labute approximate surface area is 256 Å².